The molecule has 0 radical (unpaired) electrons. The second-order valence-corrected chi connectivity index (χ2v) is 4.00. The molecule has 1 aliphatic heterocycles. The number of rotatable bonds is 2. The number of nitrogens with one attached hydrogen (secondary N) is 1. The molecule has 1 aromatic heterocycles. The minimum atomic E-state index is -0.544. The summed E-state index contributed by atoms with van der Waals surface area (Å²) in [5.41, 5.74) is 0.745. The predicted octanol–water partition coefficient (Wildman–Crippen LogP) is 0.320. The van der Waals surface area contributed by atoms with Crippen molar-refractivity contribution >= 4 is 11.8 Å². The van der Waals surface area contributed by atoms with Crippen LogP contribution < -0.4 is 5.32 Å². The van der Waals surface area contributed by atoms with Gasteiger partial charge in [-0.1, -0.05) is 6.07 Å². The molecule has 0 bridgehead atoms. The summed E-state index contributed by atoms with van der Waals surface area (Å²) < 4.78 is 0. The highest BCUT2D eigenvalue weighted by Gasteiger charge is 2.23. The smallest absolute Gasteiger partial charge is 0.311 e. The van der Waals surface area contributed by atoms with E-state index in [1.807, 2.05) is 6.07 Å². The van der Waals surface area contributed by atoms with Crippen molar-refractivity contribution in [1.29, 1.82) is 0 Å². The molecule has 90 valence electrons. The highest BCUT2D eigenvalue weighted by Crippen LogP contribution is 2.07. The van der Waals surface area contributed by atoms with Crippen LogP contribution in [0.3, 0.4) is 0 Å². The molecule has 5 heteroatoms. The van der Waals surface area contributed by atoms with Crippen molar-refractivity contribution in [1.82, 2.24) is 15.2 Å². The van der Waals surface area contributed by atoms with E-state index < -0.39 is 11.8 Å². The van der Waals surface area contributed by atoms with Gasteiger partial charge in [-0.2, -0.15) is 0 Å². The second-order valence-electron chi connectivity index (χ2n) is 4.00. The van der Waals surface area contributed by atoms with Gasteiger partial charge in [-0.25, -0.2) is 0 Å². The van der Waals surface area contributed by atoms with Crippen molar-refractivity contribution in [2.75, 3.05) is 13.1 Å². The number of likely N-dealkylation sites (tertiary alicyclic amines) is 1. The van der Waals surface area contributed by atoms with Crippen LogP contribution in [-0.2, 0) is 16.1 Å². The van der Waals surface area contributed by atoms with Crippen LogP contribution >= 0.6 is 0 Å². The molecule has 5 nitrogen and oxygen atoms in total. The van der Waals surface area contributed by atoms with Gasteiger partial charge in [0.25, 0.3) is 0 Å². The van der Waals surface area contributed by atoms with Crippen LogP contribution in [0.15, 0.2) is 24.4 Å². The number of hydrogen-bond donors (Lipinski definition) is 1. The maximum atomic E-state index is 11.7. The molecular weight excluding hydrogens is 218 g/mol. The topological polar surface area (TPSA) is 62.3 Å². The summed E-state index contributed by atoms with van der Waals surface area (Å²) >= 11 is 0. The van der Waals surface area contributed by atoms with E-state index in [1.165, 1.54) is 0 Å². The molecule has 0 spiro atoms. The third-order valence-electron chi connectivity index (χ3n) is 2.74. The van der Waals surface area contributed by atoms with E-state index >= 15 is 0 Å². The summed E-state index contributed by atoms with van der Waals surface area (Å²) in [7, 11) is 0. The average Bonchev–Trinajstić information content (AvgIpc) is 2.90. The van der Waals surface area contributed by atoms with Gasteiger partial charge >= 0.3 is 11.8 Å². The number of pyridine rings is 1. The van der Waals surface area contributed by atoms with Gasteiger partial charge in [-0.15, -0.1) is 0 Å². The van der Waals surface area contributed by atoms with E-state index in [0.29, 0.717) is 19.6 Å². The van der Waals surface area contributed by atoms with E-state index in [1.54, 1.807) is 23.2 Å². The minimum Gasteiger partial charge on any atom is -0.342 e. The number of carbonyl (C=O) groups excluding carboxylic acids is 2. The van der Waals surface area contributed by atoms with Crippen molar-refractivity contribution in [3.63, 3.8) is 0 Å². The van der Waals surface area contributed by atoms with E-state index in [4.69, 9.17) is 0 Å². The molecular formula is C12H15N3O2. The monoisotopic (exact) mass is 233 g/mol. The molecule has 2 heterocycles. The van der Waals surface area contributed by atoms with Crippen LogP contribution in [0.4, 0.5) is 0 Å². The maximum Gasteiger partial charge on any atom is 0.311 e. The van der Waals surface area contributed by atoms with Crippen molar-refractivity contribution in [2.24, 2.45) is 0 Å². The molecule has 1 saturated heterocycles. The first-order chi connectivity index (χ1) is 8.27. The zero-order valence-electron chi connectivity index (χ0n) is 9.56. The number of carbonyl (C=O) groups is 2. The number of amides is 2. The molecule has 1 fully saturated rings. The molecule has 0 unspecified atom stereocenters. The normalized spacial score (nSPS) is 14.7. The lowest BCUT2D eigenvalue weighted by Crippen LogP contribution is -2.41. The lowest BCUT2D eigenvalue weighted by atomic mass is 10.3. The Morgan fingerprint density at radius 1 is 1.29 bits per heavy atom. The third-order valence-corrected chi connectivity index (χ3v) is 2.74. The van der Waals surface area contributed by atoms with Crippen molar-refractivity contribution in [3.8, 4) is 0 Å². The number of hydrogen-bond acceptors (Lipinski definition) is 3. The van der Waals surface area contributed by atoms with E-state index in [-0.39, 0.29) is 0 Å². The summed E-state index contributed by atoms with van der Waals surface area (Å²) in [5, 5.41) is 2.58. The molecule has 2 amide bonds. The van der Waals surface area contributed by atoms with E-state index in [2.05, 4.69) is 10.3 Å². The Bertz CT molecular complexity index is 399. The molecule has 1 N–H and O–H groups in total. The van der Waals surface area contributed by atoms with Crippen LogP contribution in [0.1, 0.15) is 18.5 Å². The zero-order chi connectivity index (χ0) is 12.1. The predicted molar refractivity (Wildman–Crippen MR) is 61.9 cm³/mol. The Hall–Kier alpha value is -1.91. The molecule has 0 aromatic carbocycles. The zero-order valence-corrected chi connectivity index (χ0v) is 9.56. The van der Waals surface area contributed by atoms with Gasteiger partial charge in [0.2, 0.25) is 0 Å². The number of nitrogens with zero attached hydrogens (tertiary/aromatic N) is 2. The number of aromatic nitrogens is 1. The lowest BCUT2D eigenvalue weighted by molar-refractivity contribution is -0.145. The van der Waals surface area contributed by atoms with Crippen molar-refractivity contribution in [3.05, 3.63) is 30.1 Å². The lowest BCUT2D eigenvalue weighted by Gasteiger charge is -2.14. The largest absolute Gasteiger partial charge is 0.342 e. The quantitative estimate of drug-likeness (QED) is 0.748. The van der Waals surface area contributed by atoms with Crippen LogP contribution in [0.25, 0.3) is 0 Å². The van der Waals surface area contributed by atoms with Crippen LogP contribution in [0.5, 0.6) is 0 Å². The highest BCUT2D eigenvalue weighted by atomic mass is 16.2. The Balaban J connectivity index is 1.83. The van der Waals surface area contributed by atoms with Crippen LogP contribution in [0.2, 0.25) is 0 Å². The first-order valence-electron chi connectivity index (χ1n) is 5.74. The van der Waals surface area contributed by atoms with Crippen LogP contribution in [-0.4, -0.2) is 34.8 Å². The highest BCUT2D eigenvalue weighted by molar-refractivity contribution is 6.35. The molecule has 17 heavy (non-hydrogen) atoms. The first-order valence-corrected chi connectivity index (χ1v) is 5.74. The van der Waals surface area contributed by atoms with Gasteiger partial charge in [0.1, 0.15) is 0 Å². The van der Waals surface area contributed by atoms with E-state index in [9.17, 15) is 9.59 Å². The van der Waals surface area contributed by atoms with Crippen LogP contribution in [0, 0.1) is 0 Å². The second kappa shape index (κ2) is 5.43. The Morgan fingerprint density at radius 3 is 2.71 bits per heavy atom. The molecule has 0 aliphatic carbocycles. The van der Waals surface area contributed by atoms with Crippen molar-refractivity contribution < 1.29 is 9.59 Å². The van der Waals surface area contributed by atoms with Gasteiger partial charge < -0.3 is 10.2 Å². The SMILES string of the molecule is O=C(NCc1ccccn1)C(=O)N1CCCC1. The summed E-state index contributed by atoms with van der Waals surface area (Å²) in [4.78, 5) is 28.9. The fourth-order valence-corrected chi connectivity index (χ4v) is 1.81. The maximum absolute atomic E-state index is 11.7. The van der Waals surface area contributed by atoms with E-state index in [0.717, 1.165) is 18.5 Å². The summed E-state index contributed by atoms with van der Waals surface area (Å²) in [5.74, 6) is -0.976. The summed E-state index contributed by atoms with van der Waals surface area (Å²) in [6.45, 7) is 1.67. The van der Waals surface area contributed by atoms with Gasteiger partial charge in [0.15, 0.2) is 0 Å². The van der Waals surface area contributed by atoms with Gasteiger partial charge in [-0.05, 0) is 25.0 Å². The minimum absolute atomic E-state index is 0.291. The summed E-state index contributed by atoms with van der Waals surface area (Å²) in [6, 6.07) is 5.46. The molecule has 0 atom stereocenters. The Kier molecular flexibility index (Phi) is 3.69. The van der Waals surface area contributed by atoms with Gasteiger partial charge in [0, 0.05) is 19.3 Å². The van der Waals surface area contributed by atoms with Gasteiger partial charge in [0.05, 0.1) is 12.2 Å². The molecule has 1 aliphatic rings. The standard InChI is InChI=1S/C12H15N3O2/c16-11(12(17)15-7-3-4-8-15)14-9-10-5-1-2-6-13-10/h1-2,5-6H,3-4,7-9H2,(H,14,16). The van der Waals surface area contributed by atoms with Gasteiger partial charge in [-0.3, -0.25) is 14.6 Å². The first kappa shape index (κ1) is 11.6. The Labute approximate surface area is 99.8 Å². The third kappa shape index (κ3) is 3.03. The molecule has 2 rings (SSSR count). The Morgan fingerprint density at radius 2 is 2.06 bits per heavy atom. The summed E-state index contributed by atoms with van der Waals surface area (Å²) in [6.07, 6.45) is 3.63. The molecule has 0 saturated carbocycles. The molecule has 1 aromatic rings. The fourth-order valence-electron chi connectivity index (χ4n) is 1.81. The average molecular weight is 233 g/mol. The van der Waals surface area contributed by atoms with Crippen molar-refractivity contribution in [2.45, 2.75) is 19.4 Å². The fraction of sp³-hybridized carbons (Fsp3) is 0.417.